The molecular formula is C12H24N2O3. The quantitative estimate of drug-likeness (QED) is 0.771. The highest BCUT2D eigenvalue weighted by Crippen LogP contribution is 2.11. The number of primary amides is 1. The maximum absolute atomic E-state index is 11.4. The molecule has 0 fully saturated rings. The molecule has 0 heterocycles. The van der Waals surface area contributed by atoms with Crippen LogP contribution in [0.5, 0.6) is 0 Å². The number of hydrogen-bond acceptors (Lipinski definition) is 3. The summed E-state index contributed by atoms with van der Waals surface area (Å²) in [4.78, 5) is 22.5. The Hall–Kier alpha value is -1.26. The molecule has 3 N–H and O–H groups in total. The molecule has 0 spiro atoms. The third kappa shape index (κ3) is 8.54. The Morgan fingerprint density at radius 3 is 2.18 bits per heavy atom. The molecule has 5 nitrogen and oxygen atoms in total. The van der Waals surface area contributed by atoms with E-state index in [2.05, 4.69) is 5.32 Å². The van der Waals surface area contributed by atoms with E-state index >= 15 is 0 Å². The van der Waals surface area contributed by atoms with E-state index in [1.807, 2.05) is 13.8 Å². The van der Waals surface area contributed by atoms with Crippen molar-refractivity contribution in [2.24, 2.45) is 17.6 Å². The number of carbonyl (C=O) groups excluding carboxylic acids is 2. The molecule has 0 aromatic rings. The van der Waals surface area contributed by atoms with Crippen molar-refractivity contribution in [2.75, 3.05) is 6.54 Å². The van der Waals surface area contributed by atoms with Gasteiger partial charge in [-0.2, -0.15) is 0 Å². The van der Waals surface area contributed by atoms with Crippen LogP contribution in [0.25, 0.3) is 0 Å². The molecule has 0 aliphatic rings. The van der Waals surface area contributed by atoms with E-state index in [9.17, 15) is 9.59 Å². The lowest BCUT2D eigenvalue weighted by Gasteiger charge is -2.21. The summed E-state index contributed by atoms with van der Waals surface area (Å²) in [6.45, 7) is 9.58. The second-order valence-electron chi connectivity index (χ2n) is 5.61. The number of hydrogen-bond donors (Lipinski definition) is 2. The Morgan fingerprint density at radius 2 is 1.82 bits per heavy atom. The van der Waals surface area contributed by atoms with E-state index in [1.54, 1.807) is 20.8 Å². The minimum Gasteiger partial charge on any atom is -0.444 e. The molecule has 0 saturated heterocycles. The van der Waals surface area contributed by atoms with Crippen molar-refractivity contribution >= 4 is 12.0 Å². The maximum atomic E-state index is 11.4. The minimum atomic E-state index is -0.537. The van der Waals surface area contributed by atoms with Gasteiger partial charge in [0.05, 0.1) is 5.92 Å². The summed E-state index contributed by atoms with van der Waals surface area (Å²) in [5.74, 6) is -0.384. The lowest BCUT2D eigenvalue weighted by Crippen LogP contribution is -2.39. The van der Waals surface area contributed by atoms with E-state index in [4.69, 9.17) is 10.5 Å². The summed E-state index contributed by atoms with van der Waals surface area (Å²) >= 11 is 0. The fraction of sp³-hybridized carbons (Fsp3) is 0.833. The van der Waals surface area contributed by atoms with E-state index in [0.717, 1.165) is 0 Å². The third-order valence-corrected chi connectivity index (χ3v) is 2.05. The Morgan fingerprint density at radius 1 is 1.29 bits per heavy atom. The van der Waals surface area contributed by atoms with E-state index in [1.165, 1.54) is 0 Å². The zero-order valence-corrected chi connectivity index (χ0v) is 11.4. The maximum Gasteiger partial charge on any atom is 0.407 e. The fourth-order valence-electron chi connectivity index (χ4n) is 1.39. The minimum absolute atomic E-state index is 0.225. The number of nitrogens with two attached hydrogens (primary N) is 1. The van der Waals surface area contributed by atoms with Crippen molar-refractivity contribution in [1.29, 1.82) is 0 Å². The number of rotatable bonds is 5. The van der Waals surface area contributed by atoms with Gasteiger partial charge in [-0.15, -0.1) is 0 Å². The van der Waals surface area contributed by atoms with Gasteiger partial charge in [0.15, 0.2) is 0 Å². The summed E-state index contributed by atoms with van der Waals surface area (Å²) in [5.41, 5.74) is 4.73. The van der Waals surface area contributed by atoms with E-state index in [0.29, 0.717) is 12.3 Å². The molecule has 0 saturated carbocycles. The topological polar surface area (TPSA) is 81.4 Å². The average molecular weight is 244 g/mol. The lowest BCUT2D eigenvalue weighted by molar-refractivity contribution is -0.122. The first-order valence-corrected chi connectivity index (χ1v) is 5.88. The first-order chi connectivity index (χ1) is 7.61. The normalized spacial score (nSPS) is 13.3. The molecule has 17 heavy (non-hydrogen) atoms. The largest absolute Gasteiger partial charge is 0.444 e. The molecular weight excluding hydrogens is 220 g/mol. The molecule has 0 bridgehead atoms. The van der Waals surface area contributed by atoms with Crippen LogP contribution in [-0.2, 0) is 9.53 Å². The average Bonchev–Trinajstić information content (AvgIpc) is 2.08. The highest BCUT2D eigenvalue weighted by atomic mass is 16.6. The van der Waals surface area contributed by atoms with Gasteiger partial charge in [0, 0.05) is 6.54 Å². The van der Waals surface area contributed by atoms with E-state index in [-0.39, 0.29) is 12.5 Å². The van der Waals surface area contributed by atoms with Crippen molar-refractivity contribution in [2.45, 2.75) is 46.6 Å². The van der Waals surface area contributed by atoms with Gasteiger partial charge < -0.3 is 15.8 Å². The zero-order chi connectivity index (χ0) is 13.6. The number of ether oxygens (including phenoxy) is 1. The second-order valence-corrected chi connectivity index (χ2v) is 5.61. The van der Waals surface area contributed by atoms with Gasteiger partial charge >= 0.3 is 6.09 Å². The smallest absolute Gasteiger partial charge is 0.407 e. The van der Waals surface area contributed by atoms with Crippen LogP contribution in [0.15, 0.2) is 0 Å². The highest BCUT2D eigenvalue weighted by Gasteiger charge is 2.20. The molecule has 100 valence electrons. The first-order valence-electron chi connectivity index (χ1n) is 5.88. The van der Waals surface area contributed by atoms with Crippen molar-refractivity contribution in [3.05, 3.63) is 0 Å². The van der Waals surface area contributed by atoms with Crippen LogP contribution >= 0.6 is 0 Å². The Balaban J connectivity index is 4.13. The van der Waals surface area contributed by atoms with Crippen molar-refractivity contribution < 1.29 is 14.3 Å². The van der Waals surface area contributed by atoms with Crippen LogP contribution in [0, 0.1) is 11.8 Å². The van der Waals surface area contributed by atoms with Gasteiger partial charge in [-0.05, 0) is 33.1 Å². The second kappa shape index (κ2) is 6.47. The van der Waals surface area contributed by atoms with E-state index < -0.39 is 17.6 Å². The number of alkyl carbamates (subject to hydrolysis) is 1. The van der Waals surface area contributed by atoms with Gasteiger partial charge in [0.1, 0.15) is 5.60 Å². The highest BCUT2D eigenvalue weighted by molar-refractivity contribution is 5.77. The number of carbonyl (C=O) groups is 2. The number of nitrogens with one attached hydrogen (secondary N) is 1. The molecule has 0 rings (SSSR count). The monoisotopic (exact) mass is 244 g/mol. The van der Waals surface area contributed by atoms with Crippen LogP contribution in [0.2, 0.25) is 0 Å². The predicted molar refractivity (Wildman–Crippen MR) is 66.4 cm³/mol. The summed E-state index contributed by atoms with van der Waals surface area (Å²) < 4.78 is 5.07. The van der Waals surface area contributed by atoms with Crippen molar-refractivity contribution in [3.63, 3.8) is 0 Å². The van der Waals surface area contributed by atoms with Crippen LogP contribution < -0.4 is 11.1 Å². The van der Waals surface area contributed by atoms with Gasteiger partial charge in [0.25, 0.3) is 0 Å². The van der Waals surface area contributed by atoms with Crippen LogP contribution in [-0.4, -0.2) is 24.1 Å². The Kier molecular flexibility index (Phi) is 5.99. The Labute approximate surface area is 103 Å². The Bertz CT molecular complexity index is 269. The third-order valence-electron chi connectivity index (χ3n) is 2.05. The van der Waals surface area contributed by atoms with Gasteiger partial charge in [-0.25, -0.2) is 4.79 Å². The summed E-state index contributed by atoms with van der Waals surface area (Å²) in [7, 11) is 0. The lowest BCUT2D eigenvalue weighted by atomic mass is 9.96. The summed E-state index contributed by atoms with van der Waals surface area (Å²) in [6, 6.07) is 0. The van der Waals surface area contributed by atoms with Crippen molar-refractivity contribution in [3.8, 4) is 0 Å². The molecule has 0 unspecified atom stereocenters. The molecule has 0 aliphatic heterocycles. The van der Waals surface area contributed by atoms with Gasteiger partial charge in [-0.3, -0.25) is 4.79 Å². The predicted octanol–water partition coefficient (Wildman–Crippen LogP) is 1.66. The first kappa shape index (κ1) is 15.7. The van der Waals surface area contributed by atoms with Crippen LogP contribution in [0.4, 0.5) is 4.79 Å². The molecule has 2 amide bonds. The fourth-order valence-corrected chi connectivity index (χ4v) is 1.39. The van der Waals surface area contributed by atoms with Crippen molar-refractivity contribution in [1.82, 2.24) is 5.32 Å². The van der Waals surface area contributed by atoms with Crippen LogP contribution in [0.1, 0.15) is 41.0 Å². The summed E-state index contributed by atoms with van der Waals surface area (Å²) in [6.07, 6.45) is 0.137. The molecule has 0 aromatic carbocycles. The van der Waals surface area contributed by atoms with Gasteiger partial charge in [-0.1, -0.05) is 13.8 Å². The molecule has 1 atom stereocenters. The zero-order valence-electron chi connectivity index (χ0n) is 11.4. The molecule has 0 aliphatic carbocycles. The number of amides is 2. The molecule has 5 heteroatoms. The summed E-state index contributed by atoms with van der Waals surface area (Å²) in [5, 5.41) is 2.56. The van der Waals surface area contributed by atoms with Crippen LogP contribution in [0.3, 0.4) is 0 Å². The van der Waals surface area contributed by atoms with Gasteiger partial charge in [0.2, 0.25) is 5.91 Å². The SMILES string of the molecule is CC(C)C[C@@H](CNC(=O)OC(C)(C)C)C(N)=O. The standard InChI is InChI=1S/C12H24N2O3/c1-8(2)6-9(10(13)15)7-14-11(16)17-12(3,4)5/h8-9H,6-7H2,1-5H3,(H2,13,15)(H,14,16)/t9-/m0/s1. The molecule has 0 aromatic heterocycles. The molecule has 0 radical (unpaired) electrons.